The van der Waals surface area contributed by atoms with E-state index in [2.05, 4.69) is 47.4 Å². The van der Waals surface area contributed by atoms with Gasteiger partial charge in [0, 0.05) is 36.6 Å². The maximum atomic E-state index is 13.4. The van der Waals surface area contributed by atoms with E-state index >= 15 is 0 Å². The molecule has 5 rings (SSSR count). The zero-order valence-corrected chi connectivity index (χ0v) is 26.5. The summed E-state index contributed by atoms with van der Waals surface area (Å²) in [5.74, 6) is -0.846. The second-order valence-electron chi connectivity index (χ2n) is 8.93. The van der Waals surface area contributed by atoms with Crippen LogP contribution in [0.3, 0.4) is 0 Å². The highest BCUT2D eigenvalue weighted by Gasteiger charge is 2.23. The molecule has 0 radical (unpaired) electrons. The van der Waals surface area contributed by atoms with Crippen molar-refractivity contribution < 1.29 is 14.3 Å². The summed E-state index contributed by atoms with van der Waals surface area (Å²) < 4.78 is 6.93. The van der Waals surface area contributed by atoms with Gasteiger partial charge in [0.1, 0.15) is 5.69 Å². The van der Waals surface area contributed by atoms with Crippen LogP contribution in [0.4, 0.5) is 0 Å². The van der Waals surface area contributed by atoms with Crippen LogP contribution in [0, 0.1) is 6.92 Å². The summed E-state index contributed by atoms with van der Waals surface area (Å²) in [6.07, 6.45) is 1.38. The van der Waals surface area contributed by atoms with E-state index in [1.54, 1.807) is 60.7 Å². The fraction of sp³-hybridized carbons (Fsp3) is 0.0333. The lowest BCUT2D eigenvalue weighted by Crippen LogP contribution is -2.19. The van der Waals surface area contributed by atoms with Gasteiger partial charge in [0.15, 0.2) is 5.75 Å². The van der Waals surface area contributed by atoms with E-state index in [0.29, 0.717) is 57.2 Å². The number of esters is 1. The SMILES string of the molecule is Cc1cccc(C(=O)Oc2c(Br)cc(Br)cc2C=NNC(=O)c2[nH]c3c(Cl)cc(Cl)cc3c2-c2ccccc2Cl)c1. The van der Waals surface area contributed by atoms with E-state index in [1.807, 2.05) is 19.1 Å². The molecule has 0 aliphatic rings. The fourth-order valence-corrected chi connectivity index (χ4v) is 6.37. The molecular formula is C30H18Br2Cl3N3O3. The number of carbonyl (C=O) groups excluding carboxylic acids is 2. The molecule has 0 fully saturated rings. The Bertz CT molecular complexity index is 1870. The molecule has 2 N–H and O–H groups in total. The molecule has 4 aromatic carbocycles. The van der Waals surface area contributed by atoms with Crippen LogP contribution in [0.5, 0.6) is 5.75 Å². The van der Waals surface area contributed by atoms with Crippen LogP contribution in [-0.2, 0) is 0 Å². The van der Waals surface area contributed by atoms with Crippen LogP contribution in [0.15, 0.2) is 86.8 Å². The van der Waals surface area contributed by atoms with Crippen LogP contribution in [0.1, 0.15) is 32.0 Å². The van der Waals surface area contributed by atoms with Gasteiger partial charge in [-0.25, -0.2) is 10.2 Å². The third-order valence-corrected chi connectivity index (χ3v) is 7.94. The van der Waals surface area contributed by atoms with Crippen molar-refractivity contribution in [1.82, 2.24) is 10.4 Å². The van der Waals surface area contributed by atoms with E-state index in [4.69, 9.17) is 39.5 Å². The first-order valence-electron chi connectivity index (χ1n) is 12.0. The molecular weight excluding hydrogens is 717 g/mol. The third kappa shape index (κ3) is 6.37. The molecule has 0 saturated carbocycles. The molecule has 0 aliphatic carbocycles. The normalized spacial score (nSPS) is 11.3. The number of nitrogens with zero attached hydrogens (tertiary/aromatic N) is 1. The third-order valence-electron chi connectivity index (χ3n) is 6.05. The van der Waals surface area contributed by atoms with Crippen LogP contribution < -0.4 is 10.2 Å². The van der Waals surface area contributed by atoms with Crippen LogP contribution in [-0.4, -0.2) is 23.1 Å². The first-order chi connectivity index (χ1) is 19.6. The molecule has 0 atom stereocenters. The number of aryl methyl sites for hydroxylation is 1. The number of ether oxygens (including phenoxy) is 1. The highest BCUT2D eigenvalue weighted by atomic mass is 79.9. The summed E-state index contributed by atoms with van der Waals surface area (Å²) >= 11 is 26.1. The number of H-pyrrole nitrogens is 1. The minimum absolute atomic E-state index is 0.191. The molecule has 1 heterocycles. The van der Waals surface area contributed by atoms with E-state index in [-0.39, 0.29) is 11.4 Å². The van der Waals surface area contributed by atoms with Crippen molar-refractivity contribution in [1.29, 1.82) is 0 Å². The van der Waals surface area contributed by atoms with Crippen LogP contribution in [0.25, 0.3) is 22.0 Å². The second-order valence-corrected chi connectivity index (χ2v) is 11.9. The molecule has 11 heteroatoms. The number of rotatable bonds is 6. The maximum absolute atomic E-state index is 13.4. The van der Waals surface area contributed by atoms with Crippen molar-refractivity contribution in [3.8, 4) is 16.9 Å². The summed E-state index contributed by atoms with van der Waals surface area (Å²) in [6, 6.07) is 21.0. The van der Waals surface area contributed by atoms with Crippen molar-refractivity contribution in [2.45, 2.75) is 6.92 Å². The molecule has 1 aromatic heterocycles. The predicted molar refractivity (Wildman–Crippen MR) is 172 cm³/mol. The van der Waals surface area contributed by atoms with Crippen LogP contribution in [0.2, 0.25) is 15.1 Å². The Balaban J connectivity index is 1.48. The van der Waals surface area contributed by atoms with Gasteiger partial charge in [-0.1, -0.05) is 86.6 Å². The molecule has 0 aliphatic heterocycles. The van der Waals surface area contributed by atoms with Crippen molar-refractivity contribution >= 4 is 95.7 Å². The average Bonchev–Trinajstić information content (AvgIpc) is 3.30. The van der Waals surface area contributed by atoms with E-state index in [0.717, 1.165) is 5.56 Å². The molecule has 1 amide bonds. The number of carbonyl (C=O) groups is 2. The molecule has 0 spiro atoms. The summed E-state index contributed by atoms with van der Waals surface area (Å²) in [4.78, 5) is 29.4. The minimum Gasteiger partial charge on any atom is -0.421 e. The fourth-order valence-electron chi connectivity index (χ4n) is 4.26. The van der Waals surface area contributed by atoms with Gasteiger partial charge >= 0.3 is 5.97 Å². The van der Waals surface area contributed by atoms with Gasteiger partial charge in [0.2, 0.25) is 0 Å². The smallest absolute Gasteiger partial charge is 0.343 e. The lowest BCUT2D eigenvalue weighted by Gasteiger charge is -2.11. The van der Waals surface area contributed by atoms with Crippen molar-refractivity contribution in [3.05, 3.63) is 119 Å². The molecule has 206 valence electrons. The quantitative estimate of drug-likeness (QED) is 0.0789. The Morgan fingerprint density at radius 1 is 0.951 bits per heavy atom. The number of hydrogen-bond donors (Lipinski definition) is 2. The Kier molecular flexibility index (Phi) is 8.87. The van der Waals surface area contributed by atoms with Gasteiger partial charge in [-0.3, -0.25) is 4.79 Å². The Morgan fingerprint density at radius 3 is 2.49 bits per heavy atom. The Labute approximate surface area is 266 Å². The topological polar surface area (TPSA) is 83.5 Å². The maximum Gasteiger partial charge on any atom is 0.343 e. The minimum atomic E-state index is -0.549. The number of aromatic nitrogens is 1. The highest BCUT2D eigenvalue weighted by molar-refractivity contribution is 9.11. The largest absolute Gasteiger partial charge is 0.421 e. The molecule has 6 nitrogen and oxygen atoms in total. The number of aromatic amines is 1. The van der Waals surface area contributed by atoms with Gasteiger partial charge in [0.25, 0.3) is 5.91 Å². The Morgan fingerprint density at radius 2 is 1.73 bits per heavy atom. The van der Waals surface area contributed by atoms with E-state index < -0.39 is 11.9 Å². The number of nitrogens with one attached hydrogen (secondary N) is 2. The first kappa shape index (κ1) is 29.4. The van der Waals surface area contributed by atoms with Gasteiger partial charge in [-0.15, -0.1) is 0 Å². The number of halogens is 5. The monoisotopic (exact) mass is 731 g/mol. The standard InChI is InChI=1S/C30H18Br2Cl3N3O3/c1-15-5-4-6-16(9-15)30(40)41-28-17(10-18(31)11-22(28)32)14-36-38-29(39)27-25(20-7-2-3-8-23(20)34)21-12-19(33)13-24(35)26(21)37-27/h2-14,37H,1H3,(H,38,39). The van der Waals surface area contributed by atoms with Gasteiger partial charge in [-0.05, 0) is 65.3 Å². The Hall–Kier alpha value is -3.14. The number of hydrazone groups is 1. The second kappa shape index (κ2) is 12.4. The number of amides is 1. The highest BCUT2D eigenvalue weighted by Crippen LogP contribution is 2.40. The lowest BCUT2D eigenvalue weighted by atomic mass is 10.0. The van der Waals surface area contributed by atoms with E-state index in [9.17, 15) is 9.59 Å². The van der Waals surface area contributed by atoms with Crippen molar-refractivity contribution in [2.24, 2.45) is 5.10 Å². The zero-order chi connectivity index (χ0) is 29.3. The van der Waals surface area contributed by atoms with Crippen molar-refractivity contribution in [2.75, 3.05) is 0 Å². The van der Waals surface area contributed by atoms with Gasteiger partial charge in [-0.2, -0.15) is 5.10 Å². The molecule has 5 aromatic rings. The average molecular weight is 735 g/mol. The summed E-state index contributed by atoms with van der Waals surface area (Å²) in [5, 5.41) is 5.99. The molecule has 0 saturated heterocycles. The first-order valence-corrected chi connectivity index (χ1v) is 14.7. The molecule has 0 unspecified atom stereocenters. The number of fused-ring (bicyclic) bond motifs is 1. The molecule has 0 bridgehead atoms. The van der Waals surface area contributed by atoms with Crippen LogP contribution >= 0.6 is 66.7 Å². The zero-order valence-electron chi connectivity index (χ0n) is 21.1. The summed E-state index contributed by atoms with van der Waals surface area (Å²) in [6.45, 7) is 1.89. The van der Waals surface area contributed by atoms with Crippen molar-refractivity contribution in [3.63, 3.8) is 0 Å². The lowest BCUT2D eigenvalue weighted by molar-refractivity contribution is 0.0732. The predicted octanol–water partition coefficient (Wildman–Crippen LogP) is 9.61. The number of benzene rings is 4. The van der Waals surface area contributed by atoms with Gasteiger partial charge in [0.05, 0.1) is 26.8 Å². The van der Waals surface area contributed by atoms with Gasteiger partial charge < -0.3 is 9.72 Å². The summed E-state index contributed by atoms with van der Waals surface area (Å²) in [5.41, 5.74) is 6.17. The summed E-state index contributed by atoms with van der Waals surface area (Å²) in [7, 11) is 0. The van der Waals surface area contributed by atoms with E-state index in [1.165, 1.54) is 6.21 Å². The molecule has 41 heavy (non-hydrogen) atoms. The number of hydrogen-bond acceptors (Lipinski definition) is 4.